The van der Waals surface area contributed by atoms with Crippen LogP contribution in [-0.2, 0) is 4.74 Å². The summed E-state index contributed by atoms with van der Waals surface area (Å²) in [6, 6.07) is 0.502. The molecule has 0 amide bonds. The Kier molecular flexibility index (Phi) is 4.67. The standard InChI is InChI=1S/C18H33N3O/c1-5-19-17(21-10-8-13(2)9-11-21)20-15-14-7-6-12-22-16(14)18(15,3)4/h13-16H,5-12H2,1-4H3,(H,19,20). The summed E-state index contributed by atoms with van der Waals surface area (Å²) >= 11 is 0. The number of rotatable bonds is 2. The van der Waals surface area contributed by atoms with Gasteiger partial charge in [0.1, 0.15) is 0 Å². The molecule has 2 heterocycles. The van der Waals surface area contributed by atoms with E-state index in [0.29, 0.717) is 18.1 Å². The first-order chi connectivity index (χ1) is 10.5. The maximum absolute atomic E-state index is 6.03. The minimum atomic E-state index is 0.211. The van der Waals surface area contributed by atoms with Crippen molar-refractivity contribution in [1.82, 2.24) is 10.2 Å². The van der Waals surface area contributed by atoms with Crippen LogP contribution in [0.3, 0.4) is 0 Å². The van der Waals surface area contributed by atoms with Crippen LogP contribution in [0.25, 0.3) is 0 Å². The van der Waals surface area contributed by atoms with Crippen molar-refractivity contribution >= 4 is 5.96 Å². The van der Waals surface area contributed by atoms with Crippen molar-refractivity contribution in [2.24, 2.45) is 22.2 Å². The van der Waals surface area contributed by atoms with E-state index in [1.165, 1.54) is 25.7 Å². The van der Waals surface area contributed by atoms with E-state index in [2.05, 4.69) is 37.9 Å². The number of guanidine groups is 1. The van der Waals surface area contributed by atoms with Crippen LogP contribution in [0.2, 0.25) is 0 Å². The maximum Gasteiger partial charge on any atom is 0.194 e. The monoisotopic (exact) mass is 307 g/mol. The van der Waals surface area contributed by atoms with Crippen molar-refractivity contribution in [1.29, 1.82) is 0 Å². The predicted molar refractivity (Wildman–Crippen MR) is 91.1 cm³/mol. The van der Waals surface area contributed by atoms with Gasteiger partial charge in [-0.25, -0.2) is 0 Å². The summed E-state index contributed by atoms with van der Waals surface area (Å²) in [4.78, 5) is 7.26. The number of likely N-dealkylation sites (tertiary alicyclic amines) is 1. The van der Waals surface area contributed by atoms with Gasteiger partial charge in [0.2, 0.25) is 0 Å². The molecule has 3 fully saturated rings. The summed E-state index contributed by atoms with van der Waals surface area (Å²) in [5.74, 6) is 2.65. The minimum Gasteiger partial charge on any atom is -0.377 e. The number of hydrogen-bond acceptors (Lipinski definition) is 2. The van der Waals surface area contributed by atoms with E-state index in [9.17, 15) is 0 Å². The van der Waals surface area contributed by atoms with E-state index in [0.717, 1.165) is 38.1 Å². The average Bonchev–Trinajstić information content (AvgIpc) is 2.52. The van der Waals surface area contributed by atoms with Crippen molar-refractivity contribution in [3.8, 4) is 0 Å². The molecule has 1 saturated carbocycles. The largest absolute Gasteiger partial charge is 0.377 e. The highest BCUT2D eigenvalue weighted by molar-refractivity contribution is 5.80. The summed E-state index contributed by atoms with van der Waals surface area (Å²) in [7, 11) is 0. The molecule has 3 rings (SSSR count). The van der Waals surface area contributed by atoms with Crippen LogP contribution in [0, 0.1) is 17.3 Å². The number of piperidine rings is 1. The summed E-state index contributed by atoms with van der Waals surface area (Å²) < 4.78 is 6.03. The van der Waals surface area contributed by atoms with Crippen LogP contribution in [-0.4, -0.2) is 49.2 Å². The molecule has 3 atom stereocenters. The molecule has 4 heteroatoms. The van der Waals surface area contributed by atoms with Crippen LogP contribution in [0.15, 0.2) is 4.99 Å². The highest BCUT2D eigenvalue weighted by Gasteiger charge is 2.58. The molecule has 0 radical (unpaired) electrons. The smallest absolute Gasteiger partial charge is 0.194 e. The Labute approximate surface area is 135 Å². The molecule has 0 aromatic heterocycles. The van der Waals surface area contributed by atoms with Crippen LogP contribution < -0.4 is 5.32 Å². The third-order valence-corrected chi connectivity index (χ3v) is 6.01. The van der Waals surface area contributed by atoms with Crippen LogP contribution in [0.4, 0.5) is 0 Å². The molecule has 4 nitrogen and oxygen atoms in total. The molecule has 0 aromatic rings. The summed E-state index contributed by atoms with van der Waals surface area (Å²) in [5.41, 5.74) is 0.211. The highest BCUT2D eigenvalue weighted by Crippen LogP contribution is 2.51. The fourth-order valence-electron chi connectivity index (χ4n) is 4.56. The molecule has 0 aromatic carbocycles. The van der Waals surface area contributed by atoms with Gasteiger partial charge in [-0.15, -0.1) is 0 Å². The van der Waals surface area contributed by atoms with Gasteiger partial charge in [0.15, 0.2) is 5.96 Å². The molecule has 126 valence electrons. The third kappa shape index (κ3) is 2.86. The van der Waals surface area contributed by atoms with Gasteiger partial charge in [-0.2, -0.15) is 0 Å². The van der Waals surface area contributed by atoms with Crippen LogP contribution in [0.5, 0.6) is 0 Å². The average molecular weight is 307 g/mol. The third-order valence-electron chi connectivity index (χ3n) is 6.01. The van der Waals surface area contributed by atoms with Crippen molar-refractivity contribution in [3.63, 3.8) is 0 Å². The van der Waals surface area contributed by atoms with Gasteiger partial charge in [0, 0.05) is 43.6 Å². The predicted octanol–water partition coefficient (Wildman–Crippen LogP) is 2.89. The second kappa shape index (κ2) is 6.38. The fourth-order valence-corrected chi connectivity index (χ4v) is 4.56. The van der Waals surface area contributed by atoms with Gasteiger partial charge in [0.25, 0.3) is 0 Å². The molecule has 0 spiro atoms. The number of nitrogens with one attached hydrogen (secondary N) is 1. The lowest BCUT2D eigenvalue weighted by molar-refractivity contribution is -0.188. The zero-order valence-electron chi connectivity index (χ0n) is 14.8. The number of aliphatic imine (C=N–C) groups is 1. The first-order valence-electron chi connectivity index (χ1n) is 9.21. The van der Waals surface area contributed by atoms with Gasteiger partial charge in [-0.1, -0.05) is 20.8 Å². The molecule has 1 N–H and O–H groups in total. The molecule has 1 aliphatic carbocycles. The number of fused-ring (bicyclic) bond motifs is 1. The molecular weight excluding hydrogens is 274 g/mol. The van der Waals surface area contributed by atoms with Crippen molar-refractivity contribution < 1.29 is 4.74 Å². The lowest BCUT2D eigenvalue weighted by atomic mass is 9.55. The Morgan fingerprint density at radius 1 is 1.27 bits per heavy atom. The van der Waals surface area contributed by atoms with Gasteiger partial charge >= 0.3 is 0 Å². The second-order valence-corrected chi connectivity index (χ2v) is 8.01. The van der Waals surface area contributed by atoms with Crippen molar-refractivity contribution in [3.05, 3.63) is 0 Å². The summed E-state index contributed by atoms with van der Waals surface area (Å²) in [6.07, 6.45) is 5.50. The van der Waals surface area contributed by atoms with Crippen molar-refractivity contribution in [2.75, 3.05) is 26.2 Å². The second-order valence-electron chi connectivity index (χ2n) is 8.01. The number of nitrogens with zero attached hydrogens (tertiary/aromatic N) is 2. The first kappa shape index (κ1) is 16.1. The molecule has 22 heavy (non-hydrogen) atoms. The minimum absolute atomic E-state index is 0.211. The van der Waals surface area contributed by atoms with Gasteiger partial charge in [-0.3, -0.25) is 4.99 Å². The Balaban J connectivity index is 1.67. The Morgan fingerprint density at radius 3 is 2.68 bits per heavy atom. The molecule has 2 saturated heterocycles. The Morgan fingerprint density at radius 2 is 2.00 bits per heavy atom. The van der Waals surface area contributed by atoms with Gasteiger partial charge in [-0.05, 0) is 38.5 Å². The van der Waals surface area contributed by atoms with E-state index in [-0.39, 0.29) is 5.41 Å². The lowest BCUT2D eigenvalue weighted by Crippen LogP contribution is -2.71. The fraction of sp³-hybridized carbons (Fsp3) is 0.944. The lowest BCUT2D eigenvalue weighted by Gasteiger charge is -2.60. The molecule has 2 aliphatic heterocycles. The molecule has 3 aliphatic rings. The maximum atomic E-state index is 6.03. The number of hydrogen-bond donors (Lipinski definition) is 1. The first-order valence-corrected chi connectivity index (χ1v) is 9.21. The Bertz CT molecular complexity index is 413. The van der Waals surface area contributed by atoms with Gasteiger partial charge in [0.05, 0.1) is 6.10 Å². The van der Waals surface area contributed by atoms with E-state index in [1.54, 1.807) is 0 Å². The summed E-state index contributed by atoms with van der Waals surface area (Å²) in [6.45, 7) is 13.3. The zero-order valence-corrected chi connectivity index (χ0v) is 14.8. The molecular formula is C18H33N3O. The van der Waals surface area contributed by atoms with E-state index in [1.807, 2.05) is 0 Å². The van der Waals surface area contributed by atoms with E-state index in [4.69, 9.17) is 9.73 Å². The highest BCUT2D eigenvalue weighted by atomic mass is 16.5. The van der Waals surface area contributed by atoms with Gasteiger partial charge < -0.3 is 15.0 Å². The Hall–Kier alpha value is -0.770. The zero-order chi connectivity index (χ0) is 15.7. The van der Waals surface area contributed by atoms with Crippen molar-refractivity contribution in [2.45, 2.75) is 65.5 Å². The molecule has 0 bridgehead atoms. The quantitative estimate of drug-likeness (QED) is 0.629. The number of ether oxygens (including phenoxy) is 1. The van der Waals surface area contributed by atoms with E-state index >= 15 is 0 Å². The SMILES string of the molecule is CCN=C(NC1C2CCCOC2C1(C)C)N1CCC(C)CC1. The normalized spacial score (nSPS) is 35.7. The topological polar surface area (TPSA) is 36.9 Å². The van der Waals surface area contributed by atoms with Crippen LogP contribution >= 0.6 is 0 Å². The van der Waals surface area contributed by atoms with E-state index < -0.39 is 0 Å². The molecule has 3 unspecified atom stereocenters. The summed E-state index contributed by atoms with van der Waals surface area (Å²) in [5, 5.41) is 3.82. The van der Waals surface area contributed by atoms with Crippen LogP contribution in [0.1, 0.15) is 53.4 Å².